The number of piperidine rings is 1. The van der Waals surface area contributed by atoms with E-state index in [1.807, 2.05) is 13.1 Å². The van der Waals surface area contributed by atoms with E-state index in [1.54, 1.807) is 0 Å². The van der Waals surface area contributed by atoms with Crippen LogP contribution in [0.3, 0.4) is 0 Å². The summed E-state index contributed by atoms with van der Waals surface area (Å²) >= 11 is 0. The van der Waals surface area contributed by atoms with Crippen LogP contribution < -0.4 is 5.32 Å². The summed E-state index contributed by atoms with van der Waals surface area (Å²) in [5.41, 5.74) is 1.26. The molecule has 1 aromatic carbocycles. The standard InChI is InChI=1S/C18H28N2O/c1-14(2)17(13-15-7-5-4-6-8-15)18(21)20-11-9-16(19-3)10-12-20/h4-8,14,16-17,19H,9-13H2,1-3H3. The van der Waals surface area contributed by atoms with Crippen LogP contribution in [0, 0.1) is 11.8 Å². The molecule has 1 amide bonds. The number of likely N-dealkylation sites (tertiary alicyclic amines) is 1. The monoisotopic (exact) mass is 288 g/mol. The summed E-state index contributed by atoms with van der Waals surface area (Å²) in [5.74, 6) is 0.807. The Hall–Kier alpha value is -1.35. The predicted octanol–water partition coefficient (Wildman–Crippen LogP) is 2.71. The molecule has 3 heteroatoms. The molecule has 0 aliphatic carbocycles. The number of hydrogen-bond donors (Lipinski definition) is 1. The van der Waals surface area contributed by atoms with Crippen LogP contribution in [0.2, 0.25) is 0 Å². The van der Waals surface area contributed by atoms with Gasteiger partial charge in [-0.15, -0.1) is 0 Å². The zero-order chi connectivity index (χ0) is 15.2. The number of nitrogens with zero attached hydrogens (tertiary/aromatic N) is 1. The summed E-state index contributed by atoms with van der Waals surface area (Å²) in [5, 5.41) is 3.32. The van der Waals surface area contributed by atoms with Gasteiger partial charge in [-0.3, -0.25) is 4.79 Å². The fraction of sp³-hybridized carbons (Fsp3) is 0.611. The van der Waals surface area contributed by atoms with Crippen LogP contribution in [0.4, 0.5) is 0 Å². The highest BCUT2D eigenvalue weighted by molar-refractivity contribution is 5.79. The second-order valence-corrected chi connectivity index (χ2v) is 6.43. The first-order valence-electron chi connectivity index (χ1n) is 8.11. The molecule has 2 rings (SSSR count). The van der Waals surface area contributed by atoms with Crippen LogP contribution in [0.5, 0.6) is 0 Å². The van der Waals surface area contributed by atoms with Crippen molar-refractivity contribution < 1.29 is 4.79 Å². The van der Waals surface area contributed by atoms with E-state index in [0.29, 0.717) is 17.9 Å². The quantitative estimate of drug-likeness (QED) is 0.903. The largest absolute Gasteiger partial charge is 0.342 e. The fourth-order valence-corrected chi connectivity index (χ4v) is 3.10. The molecule has 1 heterocycles. The maximum Gasteiger partial charge on any atom is 0.226 e. The molecule has 1 aromatic rings. The normalized spacial score (nSPS) is 18.0. The van der Waals surface area contributed by atoms with Crippen LogP contribution in [-0.2, 0) is 11.2 Å². The van der Waals surface area contributed by atoms with Gasteiger partial charge in [0.15, 0.2) is 0 Å². The fourth-order valence-electron chi connectivity index (χ4n) is 3.10. The molecule has 21 heavy (non-hydrogen) atoms. The number of rotatable bonds is 5. The van der Waals surface area contributed by atoms with Crippen molar-refractivity contribution in [2.45, 2.75) is 39.2 Å². The Morgan fingerprint density at radius 3 is 2.38 bits per heavy atom. The number of benzene rings is 1. The van der Waals surface area contributed by atoms with Gasteiger partial charge >= 0.3 is 0 Å². The maximum absolute atomic E-state index is 12.8. The molecule has 3 nitrogen and oxygen atoms in total. The van der Waals surface area contributed by atoms with Crippen molar-refractivity contribution in [3.8, 4) is 0 Å². The number of carbonyl (C=O) groups is 1. The third kappa shape index (κ3) is 4.31. The summed E-state index contributed by atoms with van der Waals surface area (Å²) in [6.07, 6.45) is 2.99. The molecule has 0 aromatic heterocycles. The van der Waals surface area contributed by atoms with E-state index in [0.717, 1.165) is 32.4 Å². The number of carbonyl (C=O) groups excluding carboxylic acids is 1. The Morgan fingerprint density at radius 2 is 1.86 bits per heavy atom. The van der Waals surface area contributed by atoms with Crippen molar-refractivity contribution >= 4 is 5.91 Å². The molecule has 1 saturated heterocycles. The highest BCUT2D eigenvalue weighted by atomic mass is 16.2. The molecule has 1 unspecified atom stereocenters. The minimum Gasteiger partial charge on any atom is -0.342 e. The average Bonchev–Trinajstić information content (AvgIpc) is 2.53. The van der Waals surface area contributed by atoms with Gasteiger partial charge in [-0.05, 0) is 37.8 Å². The Kier molecular flexibility index (Phi) is 5.80. The van der Waals surface area contributed by atoms with E-state index in [4.69, 9.17) is 0 Å². The highest BCUT2D eigenvalue weighted by Crippen LogP contribution is 2.22. The van der Waals surface area contributed by atoms with E-state index in [1.165, 1.54) is 5.56 Å². The lowest BCUT2D eigenvalue weighted by molar-refractivity contribution is -0.138. The van der Waals surface area contributed by atoms with Crippen LogP contribution in [0.1, 0.15) is 32.3 Å². The van der Waals surface area contributed by atoms with Gasteiger partial charge in [0, 0.05) is 25.0 Å². The van der Waals surface area contributed by atoms with E-state index in [-0.39, 0.29) is 5.92 Å². The van der Waals surface area contributed by atoms with Gasteiger partial charge in [0.1, 0.15) is 0 Å². The van der Waals surface area contributed by atoms with E-state index in [2.05, 4.69) is 48.3 Å². The van der Waals surface area contributed by atoms with Crippen molar-refractivity contribution in [2.24, 2.45) is 11.8 Å². The van der Waals surface area contributed by atoms with Gasteiger partial charge < -0.3 is 10.2 Å². The summed E-state index contributed by atoms with van der Waals surface area (Å²) in [7, 11) is 2.01. The molecule has 1 N–H and O–H groups in total. The second kappa shape index (κ2) is 7.60. The van der Waals surface area contributed by atoms with Crippen molar-refractivity contribution in [2.75, 3.05) is 20.1 Å². The highest BCUT2D eigenvalue weighted by Gasteiger charge is 2.29. The number of hydrogen-bond acceptors (Lipinski definition) is 2. The van der Waals surface area contributed by atoms with Gasteiger partial charge in [-0.2, -0.15) is 0 Å². The molecule has 1 aliphatic rings. The number of nitrogens with one attached hydrogen (secondary N) is 1. The molecule has 0 spiro atoms. The lowest BCUT2D eigenvalue weighted by Gasteiger charge is -2.35. The van der Waals surface area contributed by atoms with Gasteiger partial charge in [-0.1, -0.05) is 44.2 Å². The summed E-state index contributed by atoms with van der Waals surface area (Å²) in [4.78, 5) is 14.9. The molecule has 1 aliphatic heterocycles. The van der Waals surface area contributed by atoms with Crippen LogP contribution in [-0.4, -0.2) is 37.0 Å². The third-order valence-electron chi connectivity index (χ3n) is 4.64. The SMILES string of the molecule is CNC1CCN(C(=O)C(Cc2ccccc2)C(C)C)CC1. The molecule has 116 valence electrons. The minimum atomic E-state index is 0.0959. The van der Waals surface area contributed by atoms with Crippen molar-refractivity contribution in [1.82, 2.24) is 10.2 Å². The lowest BCUT2D eigenvalue weighted by Crippen LogP contribution is -2.47. The third-order valence-corrected chi connectivity index (χ3v) is 4.64. The van der Waals surface area contributed by atoms with E-state index >= 15 is 0 Å². The molecule has 0 radical (unpaired) electrons. The summed E-state index contributed by atoms with van der Waals surface area (Å²) in [6.45, 7) is 6.10. The Labute approximate surface area is 128 Å². The first-order chi connectivity index (χ1) is 10.1. The van der Waals surface area contributed by atoms with Crippen LogP contribution >= 0.6 is 0 Å². The van der Waals surface area contributed by atoms with Gasteiger partial charge in [-0.25, -0.2) is 0 Å². The first-order valence-corrected chi connectivity index (χ1v) is 8.11. The van der Waals surface area contributed by atoms with Gasteiger partial charge in [0.25, 0.3) is 0 Å². The molecule has 1 atom stereocenters. The smallest absolute Gasteiger partial charge is 0.226 e. The van der Waals surface area contributed by atoms with Crippen molar-refractivity contribution in [1.29, 1.82) is 0 Å². The van der Waals surface area contributed by atoms with Crippen LogP contribution in [0.25, 0.3) is 0 Å². The minimum absolute atomic E-state index is 0.0959. The topological polar surface area (TPSA) is 32.3 Å². The van der Waals surface area contributed by atoms with Crippen LogP contribution in [0.15, 0.2) is 30.3 Å². The molecule has 0 saturated carbocycles. The Bertz CT molecular complexity index is 436. The van der Waals surface area contributed by atoms with Gasteiger partial charge in [0.05, 0.1) is 0 Å². The first kappa shape index (κ1) is 16.0. The molecule has 0 bridgehead atoms. The van der Waals surface area contributed by atoms with E-state index < -0.39 is 0 Å². The maximum atomic E-state index is 12.8. The summed E-state index contributed by atoms with van der Waals surface area (Å²) < 4.78 is 0. The summed E-state index contributed by atoms with van der Waals surface area (Å²) in [6, 6.07) is 10.9. The molecular formula is C18H28N2O. The zero-order valence-electron chi connectivity index (χ0n) is 13.5. The predicted molar refractivity (Wildman–Crippen MR) is 87.1 cm³/mol. The number of amides is 1. The van der Waals surface area contributed by atoms with Crippen molar-refractivity contribution in [3.63, 3.8) is 0 Å². The van der Waals surface area contributed by atoms with E-state index in [9.17, 15) is 4.79 Å². The Morgan fingerprint density at radius 1 is 1.24 bits per heavy atom. The molecular weight excluding hydrogens is 260 g/mol. The van der Waals surface area contributed by atoms with Crippen molar-refractivity contribution in [3.05, 3.63) is 35.9 Å². The second-order valence-electron chi connectivity index (χ2n) is 6.43. The molecule has 1 fully saturated rings. The lowest BCUT2D eigenvalue weighted by atomic mass is 9.87. The zero-order valence-corrected chi connectivity index (χ0v) is 13.5. The van der Waals surface area contributed by atoms with Gasteiger partial charge in [0.2, 0.25) is 5.91 Å². The Balaban J connectivity index is 1.99. The average molecular weight is 288 g/mol.